The van der Waals surface area contributed by atoms with E-state index in [1.165, 1.54) is 13.2 Å². The molecule has 0 aliphatic carbocycles. The van der Waals surface area contributed by atoms with Crippen molar-refractivity contribution in [2.75, 3.05) is 19.1 Å². The Morgan fingerprint density at radius 3 is 2.25 bits per heavy atom. The van der Waals surface area contributed by atoms with E-state index in [0.29, 0.717) is 5.75 Å². The standard InChI is InChI=1S/C22H37NO7S2/c1-15(2)17(18(30-32(9,26)27)12-13-19(24)28-8)11-10-16-14-31-22(6,7)23(16)20(25)29-21(3,4)5/h10-13,15-18H,14H2,1-9H3/b11-10+,13-12+/t16-,17+,18-/m1/s1. The average molecular weight is 492 g/mol. The van der Waals surface area contributed by atoms with Crippen LogP contribution in [0.4, 0.5) is 4.79 Å². The van der Waals surface area contributed by atoms with Crippen molar-refractivity contribution in [2.24, 2.45) is 11.8 Å². The molecule has 0 spiro atoms. The molecule has 0 aromatic heterocycles. The largest absolute Gasteiger partial charge is 0.466 e. The molecule has 0 aromatic rings. The molecule has 1 amide bonds. The third-order valence-electron chi connectivity index (χ3n) is 4.72. The fourth-order valence-corrected chi connectivity index (χ4v) is 5.06. The van der Waals surface area contributed by atoms with Crippen LogP contribution in [0, 0.1) is 11.8 Å². The van der Waals surface area contributed by atoms with Gasteiger partial charge in [0.05, 0.1) is 24.3 Å². The highest BCUT2D eigenvalue weighted by atomic mass is 32.2. The van der Waals surface area contributed by atoms with Gasteiger partial charge in [-0.25, -0.2) is 9.59 Å². The third-order valence-corrected chi connectivity index (χ3v) is 6.71. The monoisotopic (exact) mass is 491 g/mol. The zero-order valence-corrected chi connectivity index (χ0v) is 22.1. The van der Waals surface area contributed by atoms with E-state index >= 15 is 0 Å². The minimum atomic E-state index is -3.78. The summed E-state index contributed by atoms with van der Waals surface area (Å²) < 4.78 is 39.1. The highest BCUT2D eigenvalue weighted by Crippen LogP contribution is 2.40. The molecule has 32 heavy (non-hydrogen) atoms. The SMILES string of the molecule is COC(=O)/C=C/[C@@H](OS(C)(=O)=O)[C@@H](/C=C/[C@@H]1CSC(C)(C)N1C(=O)OC(C)(C)C)C(C)C. The van der Waals surface area contributed by atoms with Crippen molar-refractivity contribution in [3.05, 3.63) is 24.3 Å². The Hall–Kier alpha value is -1.52. The molecule has 1 saturated heterocycles. The third kappa shape index (κ3) is 9.15. The first-order valence-electron chi connectivity index (χ1n) is 10.5. The summed E-state index contributed by atoms with van der Waals surface area (Å²) in [5.74, 6) is -0.329. The van der Waals surface area contributed by atoms with Crippen LogP contribution in [0.2, 0.25) is 0 Å². The Balaban J connectivity index is 3.23. The van der Waals surface area contributed by atoms with Crippen molar-refractivity contribution in [2.45, 2.75) is 71.1 Å². The summed E-state index contributed by atoms with van der Waals surface area (Å²) >= 11 is 1.64. The summed E-state index contributed by atoms with van der Waals surface area (Å²) in [5.41, 5.74) is -0.623. The summed E-state index contributed by atoms with van der Waals surface area (Å²) in [5, 5.41) is 0. The van der Waals surface area contributed by atoms with Crippen molar-refractivity contribution in [3.8, 4) is 0 Å². The molecule has 0 radical (unpaired) electrons. The van der Waals surface area contributed by atoms with E-state index in [1.807, 2.05) is 60.6 Å². The Morgan fingerprint density at radius 1 is 1.19 bits per heavy atom. The second-order valence-corrected chi connectivity index (χ2v) is 12.8. The molecule has 0 aromatic carbocycles. The second kappa shape index (κ2) is 11.1. The van der Waals surface area contributed by atoms with Crippen LogP contribution in [0.15, 0.2) is 24.3 Å². The van der Waals surface area contributed by atoms with Gasteiger partial charge in [-0.05, 0) is 46.6 Å². The molecule has 0 saturated carbocycles. The minimum absolute atomic E-state index is 0.0164. The first-order valence-corrected chi connectivity index (χ1v) is 13.3. The van der Waals surface area contributed by atoms with Crippen molar-refractivity contribution >= 4 is 33.9 Å². The number of esters is 1. The van der Waals surface area contributed by atoms with E-state index in [-0.39, 0.29) is 17.9 Å². The van der Waals surface area contributed by atoms with Crippen molar-refractivity contribution in [1.29, 1.82) is 0 Å². The molecule has 184 valence electrons. The number of rotatable bonds is 8. The molecule has 10 heteroatoms. The van der Waals surface area contributed by atoms with Crippen molar-refractivity contribution < 1.29 is 31.7 Å². The first kappa shape index (κ1) is 28.5. The smallest absolute Gasteiger partial charge is 0.411 e. The Kier molecular flexibility index (Phi) is 9.86. The molecule has 3 atom stereocenters. The molecule has 1 rings (SSSR count). The summed E-state index contributed by atoms with van der Waals surface area (Å²) in [6.45, 7) is 13.2. The predicted octanol–water partition coefficient (Wildman–Crippen LogP) is 3.98. The number of thioether (sulfide) groups is 1. The van der Waals surface area contributed by atoms with Gasteiger partial charge in [-0.1, -0.05) is 26.0 Å². The number of amides is 1. The lowest BCUT2D eigenvalue weighted by molar-refractivity contribution is -0.134. The number of ether oxygens (including phenoxy) is 2. The van der Waals surface area contributed by atoms with Crippen molar-refractivity contribution in [3.63, 3.8) is 0 Å². The van der Waals surface area contributed by atoms with Crippen LogP contribution < -0.4 is 0 Å². The minimum Gasteiger partial charge on any atom is -0.466 e. The van der Waals surface area contributed by atoms with Gasteiger partial charge in [0.1, 0.15) is 11.7 Å². The molecular weight excluding hydrogens is 454 g/mol. The van der Waals surface area contributed by atoms with E-state index < -0.39 is 38.8 Å². The Morgan fingerprint density at radius 2 is 1.78 bits per heavy atom. The van der Waals surface area contributed by atoms with Gasteiger partial charge in [-0.15, -0.1) is 11.8 Å². The van der Waals surface area contributed by atoms with Gasteiger partial charge >= 0.3 is 12.1 Å². The van der Waals surface area contributed by atoms with Crippen LogP contribution in [0.25, 0.3) is 0 Å². The fraction of sp³-hybridized carbons (Fsp3) is 0.727. The highest BCUT2D eigenvalue weighted by Gasteiger charge is 2.44. The zero-order valence-electron chi connectivity index (χ0n) is 20.4. The maximum atomic E-state index is 12.9. The number of methoxy groups -OCH3 is 1. The first-order chi connectivity index (χ1) is 14.5. The van der Waals surface area contributed by atoms with E-state index in [4.69, 9.17) is 8.92 Å². The van der Waals surface area contributed by atoms with Crippen LogP contribution in [0.5, 0.6) is 0 Å². The normalized spacial score (nSPS) is 21.3. The van der Waals surface area contributed by atoms with Crippen molar-refractivity contribution in [1.82, 2.24) is 4.90 Å². The number of hydrogen-bond donors (Lipinski definition) is 0. The molecule has 1 heterocycles. The quantitative estimate of drug-likeness (QED) is 0.218. The van der Waals surface area contributed by atoms with Crippen LogP contribution >= 0.6 is 11.8 Å². The number of nitrogens with zero attached hydrogens (tertiary/aromatic N) is 1. The van der Waals surface area contributed by atoms with E-state index in [0.717, 1.165) is 12.3 Å². The van der Waals surface area contributed by atoms with Crippen LogP contribution in [0.1, 0.15) is 48.5 Å². The van der Waals surface area contributed by atoms with Gasteiger partial charge in [0, 0.05) is 17.7 Å². The molecular formula is C22H37NO7S2. The number of carbonyl (C=O) groups excluding carboxylic acids is 2. The van der Waals surface area contributed by atoms with Gasteiger partial charge in [0.2, 0.25) is 0 Å². The zero-order chi connectivity index (χ0) is 24.9. The number of carbonyl (C=O) groups is 2. The topological polar surface area (TPSA) is 99.2 Å². The summed E-state index contributed by atoms with van der Waals surface area (Å²) in [6, 6.07) is -0.241. The van der Waals surface area contributed by atoms with E-state index in [9.17, 15) is 18.0 Å². The maximum absolute atomic E-state index is 12.9. The van der Waals surface area contributed by atoms with E-state index in [1.54, 1.807) is 16.7 Å². The van der Waals surface area contributed by atoms with Gasteiger partial charge < -0.3 is 9.47 Å². The maximum Gasteiger partial charge on any atom is 0.411 e. The summed E-state index contributed by atoms with van der Waals surface area (Å²) in [7, 11) is -2.54. The number of hydrogen-bond acceptors (Lipinski definition) is 8. The Bertz CT molecular complexity index is 826. The van der Waals surface area contributed by atoms with Crippen LogP contribution in [-0.2, 0) is 28.6 Å². The lowest BCUT2D eigenvalue weighted by atomic mass is 9.89. The van der Waals surface area contributed by atoms with Crippen LogP contribution in [-0.4, -0.2) is 67.1 Å². The molecule has 8 nitrogen and oxygen atoms in total. The van der Waals surface area contributed by atoms with Gasteiger partial charge in [0.25, 0.3) is 10.1 Å². The van der Waals surface area contributed by atoms with E-state index in [2.05, 4.69) is 4.74 Å². The lowest BCUT2D eigenvalue weighted by Gasteiger charge is -2.35. The predicted molar refractivity (Wildman–Crippen MR) is 127 cm³/mol. The average Bonchev–Trinajstić information content (AvgIpc) is 2.90. The lowest BCUT2D eigenvalue weighted by Crippen LogP contribution is -2.48. The summed E-state index contributed by atoms with van der Waals surface area (Å²) in [4.78, 5) is 25.7. The van der Waals surface area contributed by atoms with Gasteiger partial charge in [-0.2, -0.15) is 8.42 Å². The van der Waals surface area contributed by atoms with Gasteiger partial charge in [-0.3, -0.25) is 9.08 Å². The van der Waals surface area contributed by atoms with Crippen LogP contribution in [0.3, 0.4) is 0 Å². The van der Waals surface area contributed by atoms with Gasteiger partial charge in [0.15, 0.2) is 0 Å². The second-order valence-electron chi connectivity index (χ2n) is 9.53. The molecule has 0 N–H and O–H groups in total. The highest BCUT2D eigenvalue weighted by molar-refractivity contribution is 8.00. The summed E-state index contributed by atoms with van der Waals surface area (Å²) in [6.07, 6.45) is 5.94. The molecule has 0 bridgehead atoms. The molecule has 1 aliphatic heterocycles. The molecule has 1 fully saturated rings. The fourth-order valence-electron chi connectivity index (χ4n) is 3.28. The Labute approximate surface area is 196 Å². The molecule has 1 aliphatic rings. The molecule has 0 unspecified atom stereocenters.